The number of aromatic nitrogens is 1. The van der Waals surface area contributed by atoms with Gasteiger partial charge in [-0.2, -0.15) is 0 Å². The lowest BCUT2D eigenvalue weighted by molar-refractivity contribution is -0.149. The Bertz CT molecular complexity index is 1030. The van der Waals surface area contributed by atoms with Gasteiger partial charge in [0, 0.05) is 56.1 Å². The van der Waals surface area contributed by atoms with Crippen LogP contribution in [0.5, 0.6) is 0 Å². The molecule has 1 aliphatic heterocycles. The Hall–Kier alpha value is -2.91. The van der Waals surface area contributed by atoms with Crippen LogP contribution in [0.4, 0.5) is 0 Å². The van der Waals surface area contributed by atoms with Crippen LogP contribution in [0.25, 0.3) is 10.9 Å². The summed E-state index contributed by atoms with van der Waals surface area (Å²) in [5, 5.41) is 4.09. The molecule has 0 unspecified atom stereocenters. The zero-order chi connectivity index (χ0) is 26.8. The number of benzene rings is 1. The van der Waals surface area contributed by atoms with Gasteiger partial charge in [-0.1, -0.05) is 32.0 Å². The molecule has 0 bridgehead atoms. The summed E-state index contributed by atoms with van der Waals surface area (Å²) in [6, 6.07) is 7.22. The maximum Gasteiger partial charge on any atom is 0.306 e. The Balaban J connectivity index is 1.74. The summed E-state index contributed by atoms with van der Waals surface area (Å²) in [5.41, 5.74) is 1.96. The summed E-state index contributed by atoms with van der Waals surface area (Å²) in [4.78, 5) is 46.3. The van der Waals surface area contributed by atoms with E-state index in [1.165, 1.54) is 12.0 Å². The third-order valence-corrected chi connectivity index (χ3v) is 7.01. The molecule has 1 saturated heterocycles. The molecule has 2 aromatic rings. The lowest BCUT2D eigenvalue weighted by Crippen LogP contribution is -2.51. The number of carbonyl (C=O) groups is 3. The van der Waals surface area contributed by atoms with Gasteiger partial charge in [0.2, 0.25) is 11.8 Å². The number of H-pyrrole nitrogens is 1. The van der Waals surface area contributed by atoms with Gasteiger partial charge in [-0.25, -0.2) is 0 Å². The topological polar surface area (TPSA) is 104 Å². The number of hydrogen-bond acceptors (Lipinski definition) is 6. The first kappa shape index (κ1) is 28.7. The average molecular weight is 515 g/mol. The van der Waals surface area contributed by atoms with Crippen molar-refractivity contribution in [2.75, 3.05) is 53.6 Å². The average Bonchev–Trinajstić information content (AvgIpc) is 3.31. The van der Waals surface area contributed by atoms with Crippen molar-refractivity contribution < 1.29 is 23.9 Å². The van der Waals surface area contributed by atoms with Gasteiger partial charge in [-0.05, 0) is 36.9 Å². The van der Waals surface area contributed by atoms with Gasteiger partial charge in [-0.15, -0.1) is 0 Å². The number of amides is 2. The first-order valence-electron chi connectivity index (χ1n) is 13.3. The van der Waals surface area contributed by atoms with Crippen LogP contribution in [0.2, 0.25) is 0 Å². The number of esters is 1. The van der Waals surface area contributed by atoms with E-state index in [9.17, 15) is 14.4 Å². The van der Waals surface area contributed by atoms with Crippen LogP contribution in [0.15, 0.2) is 30.5 Å². The lowest BCUT2D eigenvalue weighted by atomic mass is 9.92. The number of morpholine rings is 1. The molecule has 2 atom stereocenters. The molecule has 1 aromatic carbocycles. The molecule has 1 aliphatic rings. The number of hydrogen-bond donors (Lipinski definition) is 2. The Morgan fingerprint density at radius 3 is 2.62 bits per heavy atom. The van der Waals surface area contributed by atoms with E-state index in [1.54, 1.807) is 7.05 Å². The molecular formula is C28H42N4O5. The second-order valence-electron chi connectivity index (χ2n) is 10.2. The number of methoxy groups -OCH3 is 1. The molecule has 2 amide bonds. The number of rotatable bonds is 13. The molecule has 1 aromatic heterocycles. The van der Waals surface area contributed by atoms with Crippen LogP contribution in [0.3, 0.4) is 0 Å². The predicted octanol–water partition coefficient (Wildman–Crippen LogP) is 2.60. The minimum atomic E-state index is -0.706. The number of aromatic amines is 1. The van der Waals surface area contributed by atoms with Crippen molar-refractivity contribution in [3.05, 3.63) is 36.0 Å². The van der Waals surface area contributed by atoms with Crippen LogP contribution in [0, 0.1) is 11.8 Å². The van der Waals surface area contributed by atoms with E-state index in [1.807, 2.05) is 44.3 Å². The summed E-state index contributed by atoms with van der Waals surface area (Å²) < 4.78 is 10.2. The molecule has 0 saturated carbocycles. The van der Waals surface area contributed by atoms with Crippen molar-refractivity contribution >= 4 is 28.7 Å². The van der Waals surface area contributed by atoms with Crippen molar-refractivity contribution in [1.29, 1.82) is 0 Å². The maximum absolute atomic E-state index is 13.6. The fraction of sp³-hybridized carbons (Fsp3) is 0.607. The van der Waals surface area contributed by atoms with E-state index >= 15 is 0 Å². The third-order valence-electron chi connectivity index (χ3n) is 7.01. The first-order valence-corrected chi connectivity index (χ1v) is 13.3. The van der Waals surface area contributed by atoms with Gasteiger partial charge >= 0.3 is 5.97 Å². The molecule has 2 heterocycles. The maximum atomic E-state index is 13.6. The van der Waals surface area contributed by atoms with Crippen LogP contribution < -0.4 is 5.32 Å². The van der Waals surface area contributed by atoms with Gasteiger partial charge in [0.15, 0.2) is 0 Å². The van der Waals surface area contributed by atoms with Crippen molar-refractivity contribution in [3.63, 3.8) is 0 Å². The molecule has 0 spiro atoms. The molecule has 0 radical (unpaired) electrons. The van der Waals surface area contributed by atoms with E-state index in [-0.39, 0.29) is 24.2 Å². The van der Waals surface area contributed by atoms with Gasteiger partial charge in [0.1, 0.15) is 6.04 Å². The highest BCUT2D eigenvalue weighted by Gasteiger charge is 2.33. The highest BCUT2D eigenvalue weighted by Crippen LogP contribution is 2.24. The summed E-state index contributed by atoms with van der Waals surface area (Å²) in [6.07, 6.45) is 3.63. The van der Waals surface area contributed by atoms with Gasteiger partial charge in [0.25, 0.3) is 0 Å². The van der Waals surface area contributed by atoms with Crippen molar-refractivity contribution in [1.82, 2.24) is 20.1 Å². The van der Waals surface area contributed by atoms with E-state index in [0.29, 0.717) is 19.4 Å². The normalized spacial score (nSPS) is 15.9. The van der Waals surface area contributed by atoms with Crippen LogP contribution in [-0.4, -0.2) is 92.2 Å². The minimum absolute atomic E-state index is 0.00116. The molecule has 37 heavy (non-hydrogen) atoms. The van der Waals surface area contributed by atoms with E-state index in [0.717, 1.165) is 55.7 Å². The van der Waals surface area contributed by atoms with Gasteiger partial charge in [-0.3, -0.25) is 19.3 Å². The Morgan fingerprint density at radius 2 is 1.92 bits per heavy atom. The Labute approximate surface area is 219 Å². The van der Waals surface area contributed by atoms with E-state index < -0.39 is 17.9 Å². The second kappa shape index (κ2) is 14.1. The monoisotopic (exact) mass is 514 g/mol. The summed E-state index contributed by atoms with van der Waals surface area (Å²) in [7, 11) is 2.99. The Morgan fingerprint density at radius 1 is 1.19 bits per heavy atom. The fourth-order valence-corrected chi connectivity index (χ4v) is 4.94. The Kier molecular flexibility index (Phi) is 11.0. The number of para-hydroxylation sites is 1. The molecular weight excluding hydrogens is 472 g/mol. The van der Waals surface area contributed by atoms with Crippen LogP contribution in [0.1, 0.15) is 38.7 Å². The first-order chi connectivity index (χ1) is 17.8. The number of nitrogens with zero attached hydrogens (tertiary/aromatic N) is 2. The van der Waals surface area contributed by atoms with Crippen LogP contribution >= 0.6 is 0 Å². The van der Waals surface area contributed by atoms with Crippen molar-refractivity contribution in [2.45, 2.75) is 45.6 Å². The molecule has 1 fully saturated rings. The molecule has 0 aliphatic carbocycles. The van der Waals surface area contributed by atoms with Crippen molar-refractivity contribution in [2.24, 2.45) is 11.8 Å². The smallest absolute Gasteiger partial charge is 0.306 e. The zero-order valence-corrected chi connectivity index (χ0v) is 22.6. The third kappa shape index (κ3) is 8.30. The molecule has 3 rings (SSSR count). The van der Waals surface area contributed by atoms with Gasteiger partial charge in [0.05, 0.1) is 26.7 Å². The van der Waals surface area contributed by atoms with Crippen molar-refractivity contribution in [3.8, 4) is 0 Å². The highest BCUT2D eigenvalue weighted by molar-refractivity contribution is 5.91. The number of carbonyl (C=O) groups excluding carboxylic acids is 3. The van der Waals surface area contributed by atoms with Gasteiger partial charge < -0.3 is 24.7 Å². The summed E-state index contributed by atoms with van der Waals surface area (Å²) in [6.45, 7) is 8.76. The summed E-state index contributed by atoms with van der Waals surface area (Å²) >= 11 is 0. The minimum Gasteiger partial charge on any atom is -0.469 e. The number of nitrogens with one attached hydrogen (secondary N) is 2. The quantitative estimate of drug-likeness (QED) is 0.315. The second-order valence-corrected chi connectivity index (χ2v) is 10.2. The highest BCUT2D eigenvalue weighted by atomic mass is 16.5. The molecule has 2 N–H and O–H groups in total. The van der Waals surface area contributed by atoms with E-state index in [2.05, 4.69) is 15.2 Å². The zero-order valence-electron chi connectivity index (χ0n) is 22.6. The predicted molar refractivity (Wildman–Crippen MR) is 143 cm³/mol. The fourth-order valence-electron chi connectivity index (χ4n) is 4.94. The SMILES string of the molecule is COC(=O)C[C@@H](CC(C)C)C(=O)N(C)[C@@H](Cc1c[nH]c2ccccc12)C(=O)NCCCN1CCOCC1. The number of fused-ring (bicyclic) bond motifs is 1. The molecule has 9 heteroatoms. The molecule has 204 valence electrons. The van der Waals surface area contributed by atoms with Crippen LogP contribution in [-0.2, 0) is 30.3 Å². The standard InChI is InChI=1S/C28H42N4O5/c1-20(2)16-21(18-26(33)36-4)28(35)31(3)25(17-22-19-30-24-9-6-5-8-23(22)24)27(34)29-10-7-11-32-12-14-37-15-13-32/h5-6,8-9,19-21,25,30H,7,10-18H2,1-4H3,(H,29,34)/t21-,25+/m1/s1. The lowest BCUT2D eigenvalue weighted by Gasteiger charge is -2.31. The summed E-state index contributed by atoms with van der Waals surface area (Å²) in [5.74, 6) is -1.16. The number of likely N-dealkylation sites (N-methyl/N-ethyl adjacent to an activating group) is 1. The number of ether oxygens (including phenoxy) is 2. The molecule has 9 nitrogen and oxygen atoms in total. The van der Waals surface area contributed by atoms with E-state index in [4.69, 9.17) is 9.47 Å². The largest absolute Gasteiger partial charge is 0.469 e.